The van der Waals surface area contributed by atoms with Crippen LogP contribution >= 0.6 is 0 Å². The summed E-state index contributed by atoms with van der Waals surface area (Å²) in [4.78, 5) is 32.1. The van der Waals surface area contributed by atoms with E-state index in [0.717, 1.165) is 18.7 Å². The molecule has 0 fully saturated rings. The summed E-state index contributed by atoms with van der Waals surface area (Å²) in [5.74, 6) is 0.434. The van der Waals surface area contributed by atoms with Crippen molar-refractivity contribution in [3.05, 3.63) is 64.2 Å². The van der Waals surface area contributed by atoms with Crippen LogP contribution in [-0.4, -0.2) is 67.4 Å². The van der Waals surface area contributed by atoms with E-state index in [2.05, 4.69) is 15.2 Å². The van der Waals surface area contributed by atoms with Crippen LogP contribution in [0.3, 0.4) is 0 Å². The van der Waals surface area contributed by atoms with E-state index in [4.69, 9.17) is 9.47 Å². The van der Waals surface area contributed by atoms with Gasteiger partial charge in [0.05, 0.1) is 23.2 Å². The lowest BCUT2D eigenvalue weighted by atomic mass is 10.1. The number of hydrogen-bond donors (Lipinski definition) is 1. The van der Waals surface area contributed by atoms with Crippen molar-refractivity contribution in [3.63, 3.8) is 0 Å². The van der Waals surface area contributed by atoms with Crippen LogP contribution in [0.25, 0.3) is 16.6 Å². The number of aryl methyl sites for hydroxylation is 1. The molecule has 32 heavy (non-hydrogen) atoms. The fourth-order valence-corrected chi connectivity index (χ4v) is 3.31. The number of benzene rings is 2. The predicted octanol–water partition coefficient (Wildman–Crippen LogP) is 2.40. The highest BCUT2D eigenvalue weighted by molar-refractivity contribution is 5.94. The lowest BCUT2D eigenvalue weighted by Gasteiger charge is -2.16. The zero-order valence-corrected chi connectivity index (χ0v) is 19.1. The van der Waals surface area contributed by atoms with Crippen molar-refractivity contribution >= 4 is 16.8 Å². The first-order valence-corrected chi connectivity index (χ1v) is 10.7. The SMILES string of the molecule is CCNC(=O)c1ccc(C)c(-n2cnc3ccc(OCCN(C)CCOC)cc3c2=O)c1. The van der Waals surface area contributed by atoms with Gasteiger partial charge in [-0.2, -0.15) is 0 Å². The van der Waals surface area contributed by atoms with Gasteiger partial charge in [0.2, 0.25) is 0 Å². The summed E-state index contributed by atoms with van der Waals surface area (Å²) in [6.07, 6.45) is 1.50. The molecule has 0 saturated heterocycles. The highest BCUT2D eigenvalue weighted by Crippen LogP contribution is 2.19. The predicted molar refractivity (Wildman–Crippen MR) is 125 cm³/mol. The van der Waals surface area contributed by atoms with E-state index >= 15 is 0 Å². The summed E-state index contributed by atoms with van der Waals surface area (Å²) in [5, 5.41) is 3.24. The minimum Gasteiger partial charge on any atom is -0.492 e. The van der Waals surface area contributed by atoms with Crippen LogP contribution in [0.2, 0.25) is 0 Å². The molecule has 2 aromatic carbocycles. The number of ether oxygens (including phenoxy) is 2. The number of nitrogens with zero attached hydrogens (tertiary/aromatic N) is 3. The first-order chi connectivity index (χ1) is 15.4. The zero-order valence-electron chi connectivity index (χ0n) is 19.1. The van der Waals surface area contributed by atoms with Crippen LogP contribution in [0, 0.1) is 6.92 Å². The van der Waals surface area contributed by atoms with Gasteiger partial charge in [-0.05, 0) is 56.8 Å². The van der Waals surface area contributed by atoms with E-state index < -0.39 is 0 Å². The number of amides is 1. The molecule has 0 unspecified atom stereocenters. The maximum Gasteiger partial charge on any atom is 0.265 e. The van der Waals surface area contributed by atoms with Crippen LogP contribution in [0.4, 0.5) is 0 Å². The van der Waals surface area contributed by atoms with Crippen molar-refractivity contribution in [2.75, 3.05) is 47.0 Å². The molecule has 0 atom stereocenters. The van der Waals surface area contributed by atoms with Gasteiger partial charge in [-0.1, -0.05) is 6.07 Å². The van der Waals surface area contributed by atoms with Crippen LogP contribution in [-0.2, 0) is 4.74 Å². The normalized spacial score (nSPS) is 11.2. The second kappa shape index (κ2) is 10.9. The van der Waals surface area contributed by atoms with Crippen molar-refractivity contribution in [3.8, 4) is 11.4 Å². The van der Waals surface area contributed by atoms with Gasteiger partial charge in [0.1, 0.15) is 18.7 Å². The molecule has 0 spiro atoms. The van der Waals surface area contributed by atoms with Crippen LogP contribution < -0.4 is 15.6 Å². The Morgan fingerprint density at radius 3 is 2.69 bits per heavy atom. The Kier molecular flexibility index (Phi) is 7.97. The number of rotatable bonds is 10. The van der Waals surface area contributed by atoms with Crippen LogP contribution in [0.5, 0.6) is 5.75 Å². The van der Waals surface area contributed by atoms with E-state index in [0.29, 0.717) is 47.7 Å². The monoisotopic (exact) mass is 438 g/mol. The number of aromatic nitrogens is 2. The Bertz CT molecular complexity index is 1140. The van der Waals surface area contributed by atoms with Crippen molar-refractivity contribution in [1.29, 1.82) is 0 Å². The molecule has 0 radical (unpaired) electrons. The lowest BCUT2D eigenvalue weighted by molar-refractivity contribution is 0.0956. The number of hydrogen-bond acceptors (Lipinski definition) is 6. The molecule has 0 saturated carbocycles. The Hall–Kier alpha value is -3.23. The van der Waals surface area contributed by atoms with Gasteiger partial charge >= 0.3 is 0 Å². The highest BCUT2D eigenvalue weighted by atomic mass is 16.5. The van der Waals surface area contributed by atoms with Gasteiger partial charge in [0.25, 0.3) is 11.5 Å². The molecular weight excluding hydrogens is 408 g/mol. The zero-order chi connectivity index (χ0) is 23.1. The van der Waals surface area contributed by atoms with Crippen molar-refractivity contribution < 1.29 is 14.3 Å². The van der Waals surface area contributed by atoms with Crippen molar-refractivity contribution in [2.24, 2.45) is 0 Å². The molecule has 8 heteroatoms. The van der Waals surface area contributed by atoms with E-state index in [1.807, 2.05) is 33.0 Å². The standard InChI is InChI=1S/C24H30N4O4/c1-5-25-23(29)18-7-6-17(2)22(14-18)28-16-26-21-9-8-19(15-20(21)24(28)30)32-13-11-27(3)10-12-31-4/h6-9,14-16H,5,10-13H2,1-4H3,(H,25,29). The van der Waals surface area contributed by atoms with E-state index in [-0.39, 0.29) is 11.5 Å². The van der Waals surface area contributed by atoms with Gasteiger partial charge in [-0.25, -0.2) is 4.98 Å². The second-order valence-corrected chi connectivity index (χ2v) is 7.60. The van der Waals surface area contributed by atoms with E-state index in [1.54, 1.807) is 31.4 Å². The van der Waals surface area contributed by atoms with Gasteiger partial charge in [-0.3, -0.25) is 14.2 Å². The third kappa shape index (κ3) is 5.52. The Morgan fingerprint density at radius 2 is 1.94 bits per heavy atom. The number of carbonyl (C=O) groups excluding carboxylic acids is 1. The van der Waals surface area contributed by atoms with E-state index in [1.165, 1.54) is 10.9 Å². The number of nitrogens with one attached hydrogen (secondary N) is 1. The number of methoxy groups -OCH3 is 1. The Balaban J connectivity index is 1.87. The summed E-state index contributed by atoms with van der Waals surface area (Å²) in [6, 6.07) is 10.6. The van der Waals surface area contributed by atoms with Crippen molar-refractivity contribution in [1.82, 2.24) is 19.8 Å². The van der Waals surface area contributed by atoms with Gasteiger partial charge in [0, 0.05) is 32.3 Å². The lowest BCUT2D eigenvalue weighted by Crippen LogP contribution is -2.27. The molecule has 3 rings (SSSR count). The Labute approximate surface area is 187 Å². The first kappa shape index (κ1) is 23.4. The van der Waals surface area contributed by atoms with E-state index in [9.17, 15) is 9.59 Å². The number of carbonyl (C=O) groups is 1. The molecule has 0 aliphatic carbocycles. The Morgan fingerprint density at radius 1 is 1.16 bits per heavy atom. The topological polar surface area (TPSA) is 85.7 Å². The average Bonchev–Trinajstić information content (AvgIpc) is 2.79. The summed E-state index contributed by atoms with van der Waals surface area (Å²) in [7, 11) is 3.68. The quantitative estimate of drug-likeness (QED) is 0.523. The van der Waals surface area contributed by atoms with Gasteiger partial charge in [-0.15, -0.1) is 0 Å². The van der Waals surface area contributed by atoms with Gasteiger partial charge < -0.3 is 19.7 Å². The molecule has 0 aliphatic heterocycles. The average molecular weight is 439 g/mol. The minimum atomic E-state index is -0.214. The summed E-state index contributed by atoms with van der Waals surface area (Å²) < 4.78 is 12.4. The molecular formula is C24H30N4O4. The summed E-state index contributed by atoms with van der Waals surface area (Å²) in [6.45, 7) is 7.01. The highest BCUT2D eigenvalue weighted by Gasteiger charge is 2.12. The molecule has 1 amide bonds. The third-order valence-electron chi connectivity index (χ3n) is 5.22. The van der Waals surface area contributed by atoms with Crippen LogP contribution in [0.15, 0.2) is 47.5 Å². The molecule has 0 aliphatic rings. The molecule has 8 nitrogen and oxygen atoms in total. The molecule has 1 aromatic heterocycles. The number of likely N-dealkylation sites (N-methyl/N-ethyl adjacent to an activating group) is 1. The second-order valence-electron chi connectivity index (χ2n) is 7.60. The number of fused-ring (bicyclic) bond motifs is 1. The maximum atomic E-state index is 13.3. The third-order valence-corrected chi connectivity index (χ3v) is 5.22. The molecule has 0 bridgehead atoms. The van der Waals surface area contributed by atoms with Gasteiger partial charge in [0.15, 0.2) is 0 Å². The largest absolute Gasteiger partial charge is 0.492 e. The smallest absolute Gasteiger partial charge is 0.265 e. The maximum absolute atomic E-state index is 13.3. The fraction of sp³-hybridized carbons (Fsp3) is 0.375. The van der Waals surface area contributed by atoms with Crippen LogP contribution in [0.1, 0.15) is 22.8 Å². The molecule has 1 N–H and O–H groups in total. The minimum absolute atomic E-state index is 0.179. The molecule has 1 heterocycles. The van der Waals surface area contributed by atoms with Crippen molar-refractivity contribution in [2.45, 2.75) is 13.8 Å². The summed E-state index contributed by atoms with van der Waals surface area (Å²) in [5.41, 5.74) is 2.36. The molecule has 3 aromatic rings. The fourth-order valence-electron chi connectivity index (χ4n) is 3.31. The molecule has 170 valence electrons. The first-order valence-electron chi connectivity index (χ1n) is 10.7. The summed E-state index contributed by atoms with van der Waals surface area (Å²) >= 11 is 0.